The molecule has 5 rings (SSSR count). The highest BCUT2D eigenvalue weighted by Crippen LogP contribution is 2.37. The molecule has 1 saturated heterocycles. The van der Waals surface area contributed by atoms with Gasteiger partial charge in [0.2, 0.25) is 0 Å². The third-order valence-corrected chi connectivity index (χ3v) is 7.49. The second-order valence-corrected chi connectivity index (χ2v) is 9.79. The van der Waals surface area contributed by atoms with Gasteiger partial charge >= 0.3 is 6.03 Å². The summed E-state index contributed by atoms with van der Waals surface area (Å²) < 4.78 is 27.5. The van der Waals surface area contributed by atoms with Gasteiger partial charge in [0.15, 0.2) is 0 Å². The normalized spacial score (nSPS) is 17.0. The number of carbonyl (C=O) groups is 1. The van der Waals surface area contributed by atoms with Crippen LogP contribution in [0.4, 0.5) is 19.4 Å². The zero-order chi connectivity index (χ0) is 24.5. The van der Waals surface area contributed by atoms with Crippen LogP contribution in [-0.2, 0) is 0 Å². The molecule has 1 N–H and O–H groups in total. The van der Waals surface area contributed by atoms with E-state index in [0.717, 1.165) is 32.0 Å². The molecule has 2 amide bonds. The third kappa shape index (κ3) is 4.81. The number of aromatic nitrogens is 2. The smallest absolute Gasteiger partial charge is 0.318 e. The van der Waals surface area contributed by atoms with Crippen LogP contribution in [0.25, 0.3) is 20.7 Å². The summed E-state index contributed by atoms with van der Waals surface area (Å²) in [4.78, 5) is 27.0. The van der Waals surface area contributed by atoms with E-state index in [2.05, 4.69) is 20.2 Å². The maximum atomic E-state index is 13.3. The summed E-state index contributed by atoms with van der Waals surface area (Å²) in [6, 6.07) is 14.2. The molecule has 0 unspecified atom stereocenters. The van der Waals surface area contributed by atoms with Crippen molar-refractivity contribution < 1.29 is 13.6 Å². The van der Waals surface area contributed by atoms with Crippen molar-refractivity contribution in [2.75, 3.05) is 24.5 Å². The molecule has 9 heteroatoms. The first kappa shape index (κ1) is 23.2. The Balaban J connectivity index is 1.30. The van der Waals surface area contributed by atoms with Crippen molar-refractivity contribution >= 4 is 33.4 Å². The van der Waals surface area contributed by atoms with Crippen LogP contribution in [0, 0.1) is 11.6 Å². The highest BCUT2D eigenvalue weighted by molar-refractivity contribution is 7.22. The molecule has 2 aromatic carbocycles. The monoisotopic (exact) mass is 493 g/mol. The van der Waals surface area contributed by atoms with Crippen LogP contribution in [0.2, 0.25) is 0 Å². The van der Waals surface area contributed by atoms with E-state index >= 15 is 0 Å². The third-order valence-electron chi connectivity index (χ3n) is 6.32. The Bertz CT molecular complexity index is 1340. The molecule has 2 atom stereocenters. The number of fused-ring (bicyclic) bond motifs is 1. The quantitative estimate of drug-likeness (QED) is 0.401. The largest absolute Gasteiger partial charge is 0.351 e. The standard InChI is InChI=1S/C26H25F2N5OS/c1-16-14-32(11-12-33(16)26(34)31-17(2)18-3-7-20(27)8-4-18)25-24-22(29-15-30-25)13-23(35-24)19-5-9-21(28)10-6-19/h3-10,13,15-17H,11-12,14H2,1-2H3,(H,31,34)/t16-,17-/m1/s1. The van der Waals surface area contributed by atoms with Crippen LogP contribution in [0.5, 0.6) is 0 Å². The van der Waals surface area contributed by atoms with Crippen molar-refractivity contribution in [2.45, 2.75) is 25.9 Å². The van der Waals surface area contributed by atoms with E-state index in [-0.39, 0.29) is 29.7 Å². The van der Waals surface area contributed by atoms with Crippen molar-refractivity contribution in [1.82, 2.24) is 20.2 Å². The summed E-state index contributed by atoms with van der Waals surface area (Å²) in [5.41, 5.74) is 2.63. The number of hydrogen-bond acceptors (Lipinski definition) is 5. The molecule has 0 spiro atoms. The van der Waals surface area contributed by atoms with Crippen molar-refractivity contribution in [1.29, 1.82) is 0 Å². The van der Waals surface area contributed by atoms with Gasteiger partial charge in [-0.05, 0) is 55.3 Å². The van der Waals surface area contributed by atoms with Gasteiger partial charge in [-0.15, -0.1) is 11.3 Å². The van der Waals surface area contributed by atoms with Gasteiger partial charge in [0, 0.05) is 30.6 Å². The van der Waals surface area contributed by atoms with Gasteiger partial charge in [-0.1, -0.05) is 24.3 Å². The number of hydrogen-bond donors (Lipinski definition) is 1. The molecule has 3 heterocycles. The van der Waals surface area contributed by atoms with Crippen LogP contribution in [0.1, 0.15) is 25.5 Å². The summed E-state index contributed by atoms with van der Waals surface area (Å²) in [5, 5.41) is 3.02. The molecule has 0 aliphatic carbocycles. The van der Waals surface area contributed by atoms with Crippen molar-refractivity contribution in [3.63, 3.8) is 0 Å². The lowest BCUT2D eigenvalue weighted by Gasteiger charge is -2.40. The molecule has 180 valence electrons. The topological polar surface area (TPSA) is 61.4 Å². The number of amides is 2. The van der Waals surface area contributed by atoms with E-state index in [4.69, 9.17) is 0 Å². The second-order valence-electron chi connectivity index (χ2n) is 8.74. The van der Waals surface area contributed by atoms with Crippen LogP contribution in [0.3, 0.4) is 0 Å². The van der Waals surface area contributed by atoms with Crippen LogP contribution >= 0.6 is 11.3 Å². The van der Waals surface area contributed by atoms with E-state index in [9.17, 15) is 13.6 Å². The minimum Gasteiger partial charge on any atom is -0.351 e. The summed E-state index contributed by atoms with van der Waals surface area (Å²) in [7, 11) is 0. The Morgan fingerprint density at radius 3 is 2.43 bits per heavy atom. The van der Waals surface area contributed by atoms with Gasteiger partial charge in [-0.2, -0.15) is 0 Å². The zero-order valence-electron chi connectivity index (χ0n) is 19.4. The maximum absolute atomic E-state index is 13.3. The van der Waals surface area contributed by atoms with E-state index in [1.54, 1.807) is 41.9 Å². The number of carbonyl (C=O) groups excluding carboxylic acids is 1. The number of urea groups is 1. The van der Waals surface area contributed by atoms with E-state index in [0.29, 0.717) is 19.6 Å². The van der Waals surface area contributed by atoms with Gasteiger partial charge in [0.1, 0.15) is 23.8 Å². The van der Waals surface area contributed by atoms with Crippen molar-refractivity contribution in [3.8, 4) is 10.4 Å². The number of anilines is 1. The van der Waals surface area contributed by atoms with Crippen molar-refractivity contribution in [2.24, 2.45) is 0 Å². The Morgan fingerprint density at radius 1 is 1.06 bits per heavy atom. The molecular formula is C26H25F2N5OS. The first-order chi connectivity index (χ1) is 16.9. The number of rotatable bonds is 4. The Hall–Kier alpha value is -3.59. The predicted octanol–water partition coefficient (Wildman–Crippen LogP) is 5.62. The molecule has 1 aliphatic rings. The van der Waals surface area contributed by atoms with Crippen LogP contribution < -0.4 is 10.2 Å². The lowest BCUT2D eigenvalue weighted by Crippen LogP contribution is -2.57. The fraction of sp³-hybridized carbons (Fsp3) is 0.269. The first-order valence-corrected chi connectivity index (χ1v) is 12.3. The SMILES string of the molecule is C[C@@H]1CN(c2ncnc3cc(-c4ccc(F)cc4)sc23)CCN1C(=O)N[C@H](C)c1ccc(F)cc1. The summed E-state index contributed by atoms with van der Waals surface area (Å²) in [6.45, 7) is 5.72. The predicted molar refractivity (Wildman–Crippen MR) is 135 cm³/mol. The molecule has 1 aliphatic heterocycles. The Kier molecular flexibility index (Phi) is 6.34. The number of piperazine rings is 1. The molecule has 1 fully saturated rings. The number of nitrogens with zero attached hydrogens (tertiary/aromatic N) is 4. The number of nitrogens with one attached hydrogen (secondary N) is 1. The van der Waals surface area contributed by atoms with Gasteiger partial charge in [0.05, 0.1) is 16.3 Å². The zero-order valence-corrected chi connectivity index (χ0v) is 20.2. The second kappa shape index (κ2) is 9.58. The molecule has 0 bridgehead atoms. The minimum atomic E-state index is -0.300. The fourth-order valence-corrected chi connectivity index (χ4v) is 5.51. The average molecular weight is 494 g/mol. The summed E-state index contributed by atoms with van der Waals surface area (Å²) in [5.74, 6) is 0.282. The van der Waals surface area contributed by atoms with Gasteiger partial charge in [-0.25, -0.2) is 23.5 Å². The molecule has 2 aromatic heterocycles. The van der Waals surface area contributed by atoms with E-state index in [1.165, 1.54) is 24.3 Å². The van der Waals surface area contributed by atoms with Crippen molar-refractivity contribution in [3.05, 3.63) is 78.1 Å². The molecule has 35 heavy (non-hydrogen) atoms. The number of halogens is 2. The molecular weight excluding hydrogens is 468 g/mol. The molecule has 6 nitrogen and oxygen atoms in total. The van der Waals surface area contributed by atoms with E-state index < -0.39 is 0 Å². The Labute approximate surface area is 206 Å². The first-order valence-electron chi connectivity index (χ1n) is 11.5. The van der Waals surface area contributed by atoms with Gasteiger partial charge in [0.25, 0.3) is 0 Å². The summed E-state index contributed by atoms with van der Waals surface area (Å²) in [6.07, 6.45) is 1.56. The lowest BCUT2D eigenvalue weighted by molar-refractivity contribution is 0.168. The highest BCUT2D eigenvalue weighted by Gasteiger charge is 2.30. The number of thiophene rings is 1. The molecule has 0 saturated carbocycles. The highest BCUT2D eigenvalue weighted by atomic mass is 32.1. The van der Waals surface area contributed by atoms with Gasteiger partial charge < -0.3 is 15.1 Å². The van der Waals surface area contributed by atoms with E-state index in [1.807, 2.05) is 24.8 Å². The Morgan fingerprint density at radius 2 is 1.74 bits per heavy atom. The molecule has 0 radical (unpaired) electrons. The lowest BCUT2D eigenvalue weighted by atomic mass is 10.1. The maximum Gasteiger partial charge on any atom is 0.318 e. The average Bonchev–Trinajstić information content (AvgIpc) is 3.29. The van der Waals surface area contributed by atoms with Gasteiger partial charge in [-0.3, -0.25) is 0 Å². The molecule has 4 aromatic rings. The number of benzene rings is 2. The van der Waals surface area contributed by atoms with Crippen LogP contribution in [0.15, 0.2) is 60.9 Å². The minimum absolute atomic E-state index is 0.0364. The fourth-order valence-electron chi connectivity index (χ4n) is 4.38. The summed E-state index contributed by atoms with van der Waals surface area (Å²) >= 11 is 1.58. The van der Waals surface area contributed by atoms with Crippen LogP contribution in [-0.4, -0.2) is 46.6 Å².